The number of benzene rings is 6. The summed E-state index contributed by atoms with van der Waals surface area (Å²) in [7, 11) is 0. The van der Waals surface area contributed by atoms with Crippen molar-refractivity contribution in [2.45, 2.75) is 19.3 Å². The predicted octanol–water partition coefficient (Wildman–Crippen LogP) is 10.6. The van der Waals surface area contributed by atoms with Gasteiger partial charge in [0.2, 0.25) is 0 Å². The molecule has 0 saturated heterocycles. The maximum absolute atomic E-state index is 5.05. The van der Waals surface area contributed by atoms with E-state index in [1.165, 1.54) is 44.2 Å². The number of fused-ring (bicyclic) bond motifs is 4. The van der Waals surface area contributed by atoms with Crippen LogP contribution in [0.3, 0.4) is 0 Å². The SMILES string of the molecule is CC1(C)c2ccccc2-c2c1cc1ccccc1c2-c1ccc(-c2nc(-c3ccccc3)cc(-c3ccccc3)n2)cc1. The second-order valence-electron chi connectivity index (χ2n) is 11.8. The lowest BCUT2D eigenvalue weighted by Gasteiger charge is -2.23. The zero-order valence-electron chi connectivity index (χ0n) is 24.3. The van der Waals surface area contributed by atoms with Gasteiger partial charge in [-0.05, 0) is 56.3 Å². The molecule has 2 heteroatoms. The lowest BCUT2D eigenvalue weighted by molar-refractivity contribution is 0.661. The third kappa shape index (κ3) is 4.18. The molecular weight excluding hydrogens is 520 g/mol. The summed E-state index contributed by atoms with van der Waals surface area (Å²) in [5.41, 5.74) is 12.9. The van der Waals surface area contributed by atoms with Crippen LogP contribution in [0.4, 0.5) is 0 Å². The van der Waals surface area contributed by atoms with Crippen LogP contribution in [0.2, 0.25) is 0 Å². The third-order valence-corrected chi connectivity index (χ3v) is 8.89. The fraction of sp³-hybridized carbons (Fsp3) is 0.0732. The molecule has 0 unspecified atom stereocenters. The van der Waals surface area contributed by atoms with Crippen LogP contribution < -0.4 is 0 Å². The van der Waals surface area contributed by atoms with Gasteiger partial charge in [-0.15, -0.1) is 0 Å². The predicted molar refractivity (Wildman–Crippen MR) is 179 cm³/mol. The molecule has 0 N–H and O–H groups in total. The van der Waals surface area contributed by atoms with Crippen LogP contribution in [-0.2, 0) is 5.41 Å². The molecule has 0 saturated carbocycles. The fourth-order valence-electron chi connectivity index (χ4n) is 6.69. The van der Waals surface area contributed by atoms with Gasteiger partial charge >= 0.3 is 0 Å². The van der Waals surface area contributed by atoms with E-state index in [4.69, 9.17) is 9.97 Å². The lowest BCUT2D eigenvalue weighted by atomic mass is 9.80. The van der Waals surface area contributed by atoms with Crippen molar-refractivity contribution in [3.05, 3.63) is 157 Å². The van der Waals surface area contributed by atoms with Gasteiger partial charge < -0.3 is 0 Å². The Hall–Kier alpha value is -5.34. The zero-order valence-corrected chi connectivity index (χ0v) is 24.3. The van der Waals surface area contributed by atoms with Crippen LogP contribution in [0, 0.1) is 0 Å². The Labute approximate surface area is 252 Å². The Balaban J connectivity index is 1.30. The molecule has 0 radical (unpaired) electrons. The van der Waals surface area contributed by atoms with Crippen molar-refractivity contribution in [2.75, 3.05) is 0 Å². The molecule has 204 valence electrons. The minimum absolute atomic E-state index is 0.0653. The number of hydrogen-bond donors (Lipinski definition) is 0. The van der Waals surface area contributed by atoms with Crippen LogP contribution in [0.5, 0.6) is 0 Å². The molecule has 0 atom stereocenters. The molecular formula is C41H30N2. The fourth-order valence-corrected chi connectivity index (χ4v) is 6.69. The normalized spacial score (nSPS) is 13.1. The van der Waals surface area contributed by atoms with Gasteiger partial charge in [-0.3, -0.25) is 0 Å². The Kier molecular flexibility index (Phi) is 5.84. The van der Waals surface area contributed by atoms with E-state index < -0.39 is 0 Å². The molecule has 8 rings (SSSR count). The van der Waals surface area contributed by atoms with Crippen molar-refractivity contribution in [2.24, 2.45) is 0 Å². The highest BCUT2D eigenvalue weighted by molar-refractivity contribution is 6.08. The molecule has 0 amide bonds. The van der Waals surface area contributed by atoms with Crippen molar-refractivity contribution in [3.63, 3.8) is 0 Å². The summed E-state index contributed by atoms with van der Waals surface area (Å²) in [5.74, 6) is 0.724. The molecule has 1 heterocycles. The maximum atomic E-state index is 5.05. The van der Waals surface area contributed by atoms with Crippen molar-refractivity contribution in [1.29, 1.82) is 0 Å². The van der Waals surface area contributed by atoms with Gasteiger partial charge in [-0.2, -0.15) is 0 Å². The molecule has 1 aliphatic rings. The largest absolute Gasteiger partial charge is 0.228 e. The van der Waals surface area contributed by atoms with Gasteiger partial charge in [-0.1, -0.05) is 147 Å². The molecule has 0 fully saturated rings. The quantitative estimate of drug-likeness (QED) is 0.218. The van der Waals surface area contributed by atoms with E-state index in [0.29, 0.717) is 0 Å². The standard InChI is InChI=1S/C41H30N2/c1-41(2)34-20-12-11-19-33(34)39-35(41)25-31-17-9-10-18-32(31)38(39)29-21-23-30(24-22-29)40-42-36(27-13-5-3-6-14-27)26-37(43-40)28-15-7-4-8-16-28/h3-26H,1-2H3. The summed E-state index contributed by atoms with van der Waals surface area (Å²) in [6.45, 7) is 4.70. The summed E-state index contributed by atoms with van der Waals surface area (Å²) in [6.07, 6.45) is 0. The first-order chi connectivity index (χ1) is 21.1. The first-order valence-corrected chi connectivity index (χ1v) is 14.8. The molecule has 0 aliphatic heterocycles. The Morgan fingerprint density at radius 1 is 0.442 bits per heavy atom. The van der Waals surface area contributed by atoms with E-state index in [0.717, 1.165) is 33.9 Å². The van der Waals surface area contributed by atoms with Gasteiger partial charge in [0, 0.05) is 22.1 Å². The Morgan fingerprint density at radius 3 is 1.67 bits per heavy atom. The van der Waals surface area contributed by atoms with E-state index in [1.807, 2.05) is 12.1 Å². The molecule has 1 aliphatic carbocycles. The Morgan fingerprint density at radius 2 is 1.00 bits per heavy atom. The van der Waals surface area contributed by atoms with Crippen molar-refractivity contribution in [3.8, 4) is 56.2 Å². The van der Waals surface area contributed by atoms with Crippen LogP contribution in [0.15, 0.2) is 146 Å². The van der Waals surface area contributed by atoms with E-state index in [2.05, 4.69) is 147 Å². The Bertz CT molecular complexity index is 2070. The number of hydrogen-bond acceptors (Lipinski definition) is 2. The molecule has 6 aromatic carbocycles. The zero-order chi connectivity index (χ0) is 29.0. The van der Waals surface area contributed by atoms with Crippen LogP contribution in [-0.4, -0.2) is 9.97 Å². The van der Waals surface area contributed by atoms with Crippen molar-refractivity contribution >= 4 is 10.8 Å². The average molecular weight is 551 g/mol. The molecule has 7 aromatic rings. The summed E-state index contributed by atoms with van der Waals surface area (Å²) >= 11 is 0. The monoisotopic (exact) mass is 550 g/mol. The molecule has 43 heavy (non-hydrogen) atoms. The first kappa shape index (κ1) is 25.4. The van der Waals surface area contributed by atoms with Crippen LogP contribution >= 0.6 is 0 Å². The highest BCUT2D eigenvalue weighted by atomic mass is 14.9. The molecule has 2 nitrogen and oxygen atoms in total. The average Bonchev–Trinajstić information content (AvgIpc) is 3.30. The van der Waals surface area contributed by atoms with Gasteiger partial charge in [-0.25, -0.2) is 9.97 Å². The third-order valence-electron chi connectivity index (χ3n) is 8.89. The van der Waals surface area contributed by atoms with Gasteiger partial charge in [0.05, 0.1) is 11.4 Å². The van der Waals surface area contributed by atoms with Crippen LogP contribution in [0.25, 0.3) is 66.9 Å². The van der Waals surface area contributed by atoms with Crippen LogP contribution in [0.1, 0.15) is 25.0 Å². The van der Waals surface area contributed by atoms with E-state index in [9.17, 15) is 0 Å². The molecule has 1 aromatic heterocycles. The number of rotatable bonds is 4. The van der Waals surface area contributed by atoms with E-state index >= 15 is 0 Å². The van der Waals surface area contributed by atoms with E-state index in [1.54, 1.807) is 0 Å². The van der Waals surface area contributed by atoms with Crippen molar-refractivity contribution in [1.82, 2.24) is 9.97 Å². The lowest BCUT2D eigenvalue weighted by Crippen LogP contribution is -2.14. The van der Waals surface area contributed by atoms with Gasteiger partial charge in [0.1, 0.15) is 0 Å². The maximum Gasteiger partial charge on any atom is 0.160 e. The van der Waals surface area contributed by atoms with Crippen molar-refractivity contribution < 1.29 is 0 Å². The summed E-state index contributed by atoms with van der Waals surface area (Å²) in [5, 5.41) is 2.54. The first-order valence-electron chi connectivity index (χ1n) is 14.8. The minimum atomic E-state index is -0.0653. The smallest absolute Gasteiger partial charge is 0.160 e. The topological polar surface area (TPSA) is 25.8 Å². The van der Waals surface area contributed by atoms with Gasteiger partial charge in [0.15, 0.2) is 5.82 Å². The van der Waals surface area contributed by atoms with Gasteiger partial charge in [0.25, 0.3) is 0 Å². The second kappa shape index (κ2) is 9.89. The molecule has 0 spiro atoms. The number of aromatic nitrogens is 2. The highest BCUT2D eigenvalue weighted by Gasteiger charge is 2.37. The summed E-state index contributed by atoms with van der Waals surface area (Å²) < 4.78 is 0. The summed E-state index contributed by atoms with van der Waals surface area (Å²) in [4.78, 5) is 10.1. The highest BCUT2D eigenvalue weighted by Crippen LogP contribution is 2.54. The summed E-state index contributed by atoms with van der Waals surface area (Å²) in [6, 6.07) is 51.7. The molecule has 0 bridgehead atoms. The number of nitrogens with zero attached hydrogens (tertiary/aromatic N) is 2. The van der Waals surface area contributed by atoms with E-state index in [-0.39, 0.29) is 5.41 Å². The second-order valence-corrected chi connectivity index (χ2v) is 11.8. The minimum Gasteiger partial charge on any atom is -0.228 e.